The van der Waals surface area contributed by atoms with Gasteiger partial charge in [-0.15, -0.1) is 0 Å². The van der Waals surface area contributed by atoms with E-state index in [4.69, 9.17) is 9.47 Å². The maximum absolute atomic E-state index is 13.5. The van der Waals surface area contributed by atoms with Crippen molar-refractivity contribution in [2.75, 3.05) is 13.9 Å². The van der Waals surface area contributed by atoms with Gasteiger partial charge in [-0.25, -0.2) is 4.39 Å². The molecule has 0 fully saturated rings. The van der Waals surface area contributed by atoms with Crippen LogP contribution in [0.4, 0.5) is 4.39 Å². The molecular formula is C20H18FNO5. The summed E-state index contributed by atoms with van der Waals surface area (Å²) in [5.41, 5.74) is 1.23. The van der Waals surface area contributed by atoms with Gasteiger partial charge in [0.05, 0.1) is 19.6 Å². The van der Waals surface area contributed by atoms with Gasteiger partial charge in [0.25, 0.3) is 0 Å². The van der Waals surface area contributed by atoms with Gasteiger partial charge in [-0.1, -0.05) is 18.2 Å². The van der Waals surface area contributed by atoms with Crippen LogP contribution in [0.2, 0.25) is 0 Å². The van der Waals surface area contributed by atoms with E-state index in [1.165, 1.54) is 31.4 Å². The quantitative estimate of drug-likeness (QED) is 0.624. The highest BCUT2D eigenvalue weighted by atomic mass is 19.1. The second-order valence-corrected chi connectivity index (χ2v) is 5.84. The molecule has 0 saturated heterocycles. The number of esters is 1. The Morgan fingerprint density at radius 3 is 2.81 bits per heavy atom. The Bertz CT molecular complexity index is 880. The minimum atomic E-state index is -0.706. The molecule has 3 rings (SSSR count). The van der Waals surface area contributed by atoms with Crippen molar-refractivity contribution in [3.63, 3.8) is 0 Å². The number of halogens is 1. The summed E-state index contributed by atoms with van der Waals surface area (Å²) in [6, 6.07) is 10.3. The van der Waals surface area contributed by atoms with Crippen LogP contribution < -0.4 is 14.8 Å². The largest absolute Gasteiger partial charge is 0.469 e. The van der Waals surface area contributed by atoms with E-state index in [0.29, 0.717) is 17.1 Å². The average Bonchev–Trinajstić information content (AvgIpc) is 3.13. The summed E-state index contributed by atoms with van der Waals surface area (Å²) in [7, 11) is 1.26. The number of amides is 1. The molecule has 1 unspecified atom stereocenters. The topological polar surface area (TPSA) is 73.9 Å². The molecule has 2 aromatic carbocycles. The van der Waals surface area contributed by atoms with Crippen molar-refractivity contribution < 1.29 is 28.2 Å². The summed E-state index contributed by atoms with van der Waals surface area (Å²) in [4.78, 5) is 23.9. The SMILES string of the molecule is COC(=O)CC(NC(=O)/C=C/c1ccc2c(c1)OCO2)c1cccc(F)c1. The van der Waals surface area contributed by atoms with Crippen molar-refractivity contribution in [1.82, 2.24) is 5.32 Å². The van der Waals surface area contributed by atoms with Crippen molar-refractivity contribution in [2.45, 2.75) is 12.5 Å². The molecule has 0 saturated carbocycles. The number of carbonyl (C=O) groups excluding carboxylic acids is 2. The third kappa shape index (κ3) is 4.84. The molecule has 1 atom stereocenters. The molecule has 0 bridgehead atoms. The van der Waals surface area contributed by atoms with Crippen LogP contribution in [-0.2, 0) is 14.3 Å². The zero-order chi connectivity index (χ0) is 19.2. The molecule has 1 heterocycles. The molecule has 1 N–H and O–H groups in total. The molecule has 6 nitrogen and oxygen atoms in total. The Balaban J connectivity index is 1.70. The second kappa shape index (κ2) is 8.35. The van der Waals surface area contributed by atoms with Gasteiger partial charge in [0.2, 0.25) is 12.7 Å². The first-order valence-corrected chi connectivity index (χ1v) is 8.25. The molecule has 140 valence electrons. The van der Waals surface area contributed by atoms with E-state index < -0.39 is 23.7 Å². The molecule has 0 aliphatic carbocycles. The van der Waals surface area contributed by atoms with Crippen LogP contribution in [-0.4, -0.2) is 25.8 Å². The summed E-state index contributed by atoms with van der Waals surface area (Å²) >= 11 is 0. The van der Waals surface area contributed by atoms with Gasteiger partial charge in [-0.3, -0.25) is 9.59 Å². The number of fused-ring (bicyclic) bond motifs is 1. The zero-order valence-electron chi connectivity index (χ0n) is 14.6. The Hall–Kier alpha value is -3.35. The number of hydrogen-bond acceptors (Lipinski definition) is 5. The van der Waals surface area contributed by atoms with Crippen LogP contribution in [0.25, 0.3) is 6.08 Å². The van der Waals surface area contributed by atoms with E-state index in [1.807, 2.05) is 0 Å². The normalized spacial score (nSPS) is 13.4. The summed E-state index contributed by atoms with van der Waals surface area (Å²) in [6.07, 6.45) is 2.84. The van der Waals surface area contributed by atoms with Gasteiger partial charge in [0.1, 0.15) is 5.82 Å². The van der Waals surface area contributed by atoms with Crippen LogP contribution in [0.1, 0.15) is 23.6 Å². The standard InChI is InChI=1S/C20H18FNO5/c1-25-20(24)11-16(14-3-2-4-15(21)10-14)22-19(23)8-6-13-5-7-17-18(9-13)27-12-26-17/h2-10,16H,11-12H2,1H3,(H,22,23)/b8-6+. The fraction of sp³-hybridized carbons (Fsp3) is 0.200. The molecule has 7 heteroatoms. The smallest absolute Gasteiger partial charge is 0.307 e. The summed E-state index contributed by atoms with van der Waals surface area (Å²) in [5, 5.41) is 2.70. The molecule has 0 radical (unpaired) electrons. The number of benzene rings is 2. The number of methoxy groups -OCH3 is 1. The fourth-order valence-corrected chi connectivity index (χ4v) is 2.63. The highest BCUT2D eigenvalue weighted by Gasteiger charge is 2.19. The lowest BCUT2D eigenvalue weighted by molar-refractivity contribution is -0.141. The van der Waals surface area contributed by atoms with Crippen LogP contribution >= 0.6 is 0 Å². The Morgan fingerprint density at radius 2 is 2.04 bits per heavy atom. The number of carbonyl (C=O) groups is 2. The highest BCUT2D eigenvalue weighted by Crippen LogP contribution is 2.32. The number of hydrogen-bond donors (Lipinski definition) is 1. The summed E-state index contributed by atoms with van der Waals surface area (Å²) in [5.74, 6) is -0.121. The van der Waals surface area contributed by atoms with Gasteiger partial charge in [0.15, 0.2) is 11.5 Å². The first-order valence-electron chi connectivity index (χ1n) is 8.25. The van der Waals surface area contributed by atoms with Crippen LogP contribution in [0.15, 0.2) is 48.5 Å². The van der Waals surface area contributed by atoms with Crippen molar-refractivity contribution in [1.29, 1.82) is 0 Å². The van der Waals surface area contributed by atoms with E-state index in [9.17, 15) is 14.0 Å². The number of rotatable bonds is 6. The van der Waals surface area contributed by atoms with Crippen molar-refractivity contribution in [3.05, 3.63) is 65.5 Å². The number of ether oxygens (including phenoxy) is 3. The summed E-state index contributed by atoms with van der Waals surface area (Å²) < 4.78 is 28.7. The van der Waals surface area contributed by atoms with Crippen molar-refractivity contribution in [2.24, 2.45) is 0 Å². The van der Waals surface area contributed by atoms with Gasteiger partial charge < -0.3 is 19.5 Å². The van der Waals surface area contributed by atoms with E-state index in [-0.39, 0.29) is 13.2 Å². The Morgan fingerprint density at radius 1 is 1.22 bits per heavy atom. The van der Waals surface area contributed by atoms with Crippen molar-refractivity contribution >= 4 is 18.0 Å². The molecule has 1 amide bonds. The average molecular weight is 371 g/mol. The first-order chi connectivity index (χ1) is 13.0. The van der Waals surface area contributed by atoms with E-state index in [1.54, 1.807) is 30.3 Å². The molecule has 0 spiro atoms. The molecule has 1 aliphatic heterocycles. The van der Waals surface area contributed by atoms with Crippen LogP contribution in [0.3, 0.4) is 0 Å². The van der Waals surface area contributed by atoms with Crippen LogP contribution in [0, 0.1) is 5.82 Å². The lowest BCUT2D eigenvalue weighted by Gasteiger charge is -2.17. The molecule has 2 aromatic rings. The number of nitrogens with one attached hydrogen (secondary N) is 1. The predicted octanol–water partition coefficient (Wildman–Crippen LogP) is 2.99. The van der Waals surface area contributed by atoms with Gasteiger partial charge in [0, 0.05) is 6.08 Å². The third-order valence-electron chi connectivity index (χ3n) is 3.99. The van der Waals surface area contributed by atoms with E-state index >= 15 is 0 Å². The Kier molecular flexibility index (Phi) is 5.71. The molecular weight excluding hydrogens is 353 g/mol. The molecule has 1 aliphatic rings. The first kappa shape index (κ1) is 18.4. The summed E-state index contributed by atoms with van der Waals surface area (Å²) in [6.45, 7) is 0.172. The van der Waals surface area contributed by atoms with Gasteiger partial charge >= 0.3 is 5.97 Å². The fourth-order valence-electron chi connectivity index (χ4n) is 2.63. The van der Waals surface area contributed by atoms with E-state index in [2.05, 4.69) is 10.1 Å². The monoisotopic (exact) mass is 371 g/mol. The zero-order valence-corrected chi connectivity index (χ0v) is 14.6. The maximum Gasteiger partial charge on any atom is 0.307 e. The minimum absolute atomic E-state index is 0.108. The Labute approximate surface area is 155 Å². The van der Waals surface area contributed by atoms with E-state index in [0.717, 1.165) is 5.56 Å². The lowest BCUT2D eigenvalue weighted by Crippen LogP contribution is -2.29. The lowest BCUT2D eigenvalue weighted by atomic mass is 10.0. The third-order valence-corrected chi connectivity index (χ3v) is 3.99. The van der Waals surface area contributed by atoms with Crippen molar-refractivity contribution in [3.8, 4) is 11.5 Å². The van der Waals surface area contributed by atoms with Gasteiger partial charge in [-0.2, -0.15) is 0 Å². The predicted molar refractivity (Wildman–Crippen MR) is 95.5 cm³/mol. The maximum atomic E-state index is 13.5. The molecule has 0 aromatic heterocycles. The molecule has 27 heavy (non-hydrogen) atoms. The van der Waals surface area contributed by atoms with Crippen LogP contribution in [0.5, 0.6) is 11.5 Å². The highest BCUT2D eigenvalue weighted by molar-refractivity contribution is 5.92. The minimum Gasteiger partial charge on any atom is -0.469 e. The van der Waals surface area contributed by atoms with Gasteiger partial charge in [-0.05, 0) is 41.5 Å². The second-order valence-electron chi connectivity index (χ2n) is 5.84.